The van der Waals surface area contributed by atoms with E-state index in [2.05, 4.69) is 35.1 Å². The SMILES string of the molecule is CC(C)N(C(=O)C(C(=O)N(C(C)C)C(C)C)n1nnc([Si](C)(C)C)n1)C(C)C. The molecule has 0 saturated heterocycles. The highest BCUT2D eigenvalue weighted by molar-refractivity contribution is 6.87. The summed E-state index contributed by atoms with van der Waals surface area (Å²) in [7, 11) is -1.82. The number of nitrogens with zero attached hydrogens (tertiary/aromatic N) is 6. The van der Waals surface area contributed by atoms with E-state index in [4.69, 9.17) is 0 Å². The summed E-state index contributed by atoms with van der Waals surface area (Å²) < 4.78 is 0. The summed E-state index contributed by atoms with van der Waals surface area (Å²) in [6, 6.07) is -1.33. The Labute approximate surface area is 170 Å². The zero-order valence-electron chi connectivity index (χ0n) is 19.4. The van der Waals surface area contributed by atoms with Crippen LogP contribution in [0.3, 0.4) is 0 Å². The highest BCUT2D eigenvalue weighted by Crippen LogP contribution is 2.20. The van der Waals surface area contributed by atoms with Gasteiger partial charge in [-0.3, -0.25) is 9.59 Å². The lowest BCUT2D eigenvalue weighted by Crippen LogP contribution is -2.54. The second kappa shape index (κ2) is 9.15. The van der Waals surface area contributed by atoms with Crippen LogP contribution in [0.1, 0.15) is 61.4 Å². The molecule has 0 atom stereocenters. The Bertz CT molecular complexity index is 630. The van der Waals surface area contributed by atoms with E-state index >= 15 is 0 Å². The number of amides is 2. The lowest BCUT2D eigenvalue weighted by Gasteiger charge is -2.37. The molecule has 2 amide bonds. The van der Waals surface area contributed by atoms with E-state index in [0.29, 0.717) is 5.45 Å². The quantitative estimate of drug-likeness (QED) is 0.484. The van der Waals surface area contributed by atoms with Crippen LogP contribution in [-0.2, 0) is 9.59 Å². The molecule has 8 nitrogen and oxygen atoms in total. The summed E-state index contributed by atoms with van der Waals surface area (Å²) >= 11 is 0. The Balaban J connectivity index is 3.52. The van der Waals surface area contributed by atoms with Gasteiger partial charge in [0.1, 0.15) is 8.07 Å². The Kier molecular flexibility index (Phi) is 7.93. The number of hydrogen-bond donors (Lipinski definition) is 0. The van der Waals surface area contributed by atoms with Gasteiger partial charge in [-0.25, -0.2) is 0 Å². The van der Waals surface area contributed by atoms with Crippen molar-refractivity contribution in [2.24, 2.45) is 0 Å². The molecule has 1 rings (SSSR count). The van der Waals surface area contributed by atoms with Crippen LogP contribution in [0.2, 0.25) is 19.6 Å². The topological polar surface area (TPSA) is 84.2 Å². The fourth-order valence-corrected chi connectivity index (χ4v) is 4.18. The van der Waals surface area contributed by atoms with Gasteiger partial charge in [0.25, 0.3) is 11.8 Å². The molecule has 9 heteroatoms. The third-order valence-corrected chi connectivity index (χ3v) is 6.07. The van der Waals surface area contributed by atoms with Crippen molar-refractivity contribution in [1.29, 1.82) is 0 Å². The van der Waals surface area contributed by atoms with Crippen LogP contribution in [0.4, 0.5) is 0 Å². The van der Waals surface area contributed by atoms with Gasteiger partial charge in [0, 0.05) is 24.2 Å². The molecule has 0 N–H and O–H groups in total. The molecule has 0 spiro atoms. The summed E-state index contributed by atoms with van der Waals surface area (Å²) in [5.74, 6) is -0.582. The predicted octanol–water partition coefficient (Wildman–Crippen LogP) is 2.05. The first kappa shape index (κ1) is 24.3. The molecule has 0 saturated carbocycles. The monoisotopic (exact) mass is 410 g/mol. The molecule has 160 valence electrons. The van der Waals surface area contributed by atoms with Crippen molar-refractivity contribution >= 4 is 25.3 Å². The number of aromatic nitrogens is 4. The summed E-state index contributed by atoms with van der Waals surface area (Å²) in [4.78, 5) is 31.7. The zero-order valence-corrected chi connectivity index (χ0v) is 20.4. The zero-order chi connectivity index (χ0) is 22.0. The highest BCUT2D eigenvalue weighted by Gasteiger charge is 2.41. The van der Waals surface area contributed by atoms with Gasteiger partial charge in [-0.05, 0) is 60.6 Å². The first-order chi connectivity index (χ1) is 12.7. The van der Waals surface area contributed by atoms with Crippen LogP contribution in [-0.4, -0.2) is 74.1 Å². The van der Waals surface area contributed by atoms with Crippen molar-refractivity contribution in [3.05, 3.63) is 0 Å². The minimum absolute atomic E-state index is 0.0469. The van der Waals surface area contributed by atoms with E-state index in [9.17, 15) is 9.59 Å². The van der Waals surface area contributed by atoms with Gasteiger partial charge in [0.15, 0.2) is 5.45 Å². The first-order valence-electron chi connectivity index (χ1n) is 10.1. The molecule has 0 aromatic carbocycles. The number of tetrazole rings is 1. The lowest BCUT2D eigenvalue weighted by atomic mass is 10.1. The molecule has 0 aliphatic heterocycles. The van der Waals surface area contributed by atoms with Gasteiger partial charge in [0.05, 0.1) is 0 Å². The van der Waals surface area contributed by atoms with E-state index < -0.39 is 14.1 Å². The van der Waals surface area contributed by atoms with E-state index in [1.54, 1.807) is 9.80 Å². The molecule has 1 aromatic rings. The van der Waals surface area contributed by atoms with Gasteiger partial charge in [-0.2, -0.15) is 0 Å². The van der Waals surface area contributed by atoms with Gasteiger partial charge < -0.3 is 9.80 Å². The van der Waals surface area contributed by atoms with Crippen molar-refractivity contribution in [2.45, 2.75) is 105 Å². The van der Waals surface area contributed by atoms with Crippen LogP contribution >= 0.6 is 0 Å². The molecule has 0 aliphatic carbocycles. The maximum absolute atomic E-state index is 13.5. The van der Waals surface area contributed by atoms with Gasteiger partial charge in [-0.1, -0.05) is 19.6 Å². The molecule has 0 fully saturated rings. The Morgan fingerprint density at radius 3 is 1.39 bits per heavy atom. The number of hydrogen-bond acceptors (Lipinski definition) is 5. The second-order valence-electron chi connectivity index (χ2n) is 9.45. The number of carbonyl (C=O) groups is 2. The normalized spacial score (nSPS) is 12.6. The molecule has 1 aromatic heterocycles. The Hall–Kier alpha value is -1.77. The smallest absolute Gasteiger partial charge is 0.259 e. The predicted molar refractivity (Wildman–Crippen MR) is 114 cm³/mol. The fraction of sp³-hybridized carbons (Fsp3) is 0.842. The molecule has 1 heterocycles. The van der Waals surface area contributed by atoms with Crippen molar-refractivity contribution in [1.82, 2.24) is 30.0 Å². The van der Waals surface area contributed by atoms with Crippen LogP contribution in [0, 0.1) is 0 Å². The lowest BCUT2D eigenvalue weighted by molar-refractivity contribution is -0.151. The van der Waals surface area contributed by atoms with Crippen LogP contribution < -0.4 is 5.45 Å². The molecular formula is C19H38N6O2Si. The third-order valence-electron chi connectivity index (χ3n) is 4.53. The van der Waals surface area contributed by atoms with Gasteiger partial charge in [-0.15, -0.1) is 15.0 Å². The van der Waals surface area contributed by atoms with Crippen molar-refractivity contribution in [3.63, 3.8) is 0 Å². The maximum Gasteiger partial charge on any atom is 0.259 e. The average Bonchev–Trinajstić information content (AvgIpc) is 2.95. The van der Waals surface area contributed by atoms with E-state index in [1.807, 2.05) is 55.4 Å². The van der Waals surface area contributed by atoms with Crippen molar-refractivity contribution < 1.29 is 9.59 Å². The Morgan fingerprint density at radius 2 is 1.14 bits per heavy atom. The van der Waals surface area contributed by atoms with E-state index in [-0.39, 0.29) is 36.0 Å². The van der Waals surface area contributed by atoms with Crippen LogP contribution in [0.15, 0.2) is 0 Å². The first-order valence-corrected chi connectivity index (χ1v) is 13.6. The average molecular weight is 411 g/mol. The summed E-state index contributed by atoms with van der Waals surface area (Å²) in [5.41, 5.74) is 0.638. The molecule has 0 bridgehead atoms. The minimum Gasteiger partial charge on any atom is -0.335 e. The fourth-order valence-electron chi connectivity index (χ4n) is 3.43. The second-order valence-corrected chi connectivity index (χ2v) is 14.4. The highest BCUT2D eigenvalue weighted by atomic mass is 28.3. The van der Waals surface area contributed by atoms with E-state index in [1.165, 1.54) is 4.80 Å². The standard InChI is InChI=1S/C19H38N6O2Si/c1-12(2)23(13(3)4)17(26)16(18(27)24(14(5)6)15(7)8)25-21-19(20-22-25)28(9,10)11/h12-16H,1-11H3. The van der Waals surface area contributed by atoms with Gasteiger partial charge >= 0.3 is 0 Å². The Morgan fingerprint density at radius 1 is 0.786 bits per heavy atom. The van der Waals surface area contributed by atoms with Crippen LogP contribution in [0.5, 0.6) is 0 Å². The molecular weight excluding hydrogens is 372 g/mol. The summed E-state index contributed by atoms with van der Waals surface area (Å²) in [6.45, 7) is 21.9. The molecule has 28 heavy (non-hydrogen) atoms. The summed E-state index contributed by atoms with van der Waals surface area (Å²) in [6.07, 6.45) is 0. The van der Waals surface area contributed by atoms with Crippen LogP contribution in [0.25, 0.3) is 0 Å². The maximum atomic E-state index is 13.5. The number of carbonyl (C=O) groups excluding carboxylic acids is 2. The largest absolute Gasteiger partial charge is 0.335 e. The minimum atomic E-state index is -1.82. The van der Waals surface area contributed by atoms with Crippen molar-refractivity contribution in [3.8, 4) is 0 Å². The van der Waals surface area contributed by atoms with Crippen molar-refractivity contribution in [2.75, 3.05) is 0 Å². The van der Waals surface area contributed by atoms with E-state index in [0.717, 1.165) is 0 Å². The molecule has 0 aliphatic rings. The van der Waals surface area contributed by atoms with Gasteiger partial charge in [0.2, 0.25) is 6.04 Å². The molecule has 0 unspecified atom stereocenters. The summed E-state index contributed by atoms with van der Waals surface area (Å²) in [5, 5.41) is 12.8. The third kappa shape index (κ3) is 5.39. The molecule has 0 radical (unpaired) electrons. The number of rotatable bonds is 8.